The van der Waals surface area contributed by atoms with Gasteiger partial charge in [0.2, 0.25) is 0 Å². The number of hydrogen-bond acceptors (Lipinski definition) is 3. The van der Waals surface area contributed by atoms with Crippen LogP contribution in [0, 0.1) is 11.3 Å². The third-order valence-corrected chi connectivity index (χ3v) is 4.73. The molecule has 1 heterocycles. The fourth-order valence-corrected chi connectivity index (χ4v) is 3.44. The van der Waals surface area contributed by atoms with Crippen molar-refractivity contribution in [1.82, 2.24) is 0 Å². The van der Waals surface area contributed by atoms with Crippen LogP contribution in [-0.2, 0) is 6.42 Å². The average molecular weight is 335 g/mol. The number of hydrogen-bond donors (Lipinski definition) is 0. The van der Waals surface area contributed by atoms with Crippen LogP contribution in [0.2, 0.25) is 0 Å². The first kappa shape index (κ1) is 14.1. The zero-order valence-corrected chi connectivity index (χ0v) is 13.3. The Balaban J connectivity index is 2.15. The van der Waals surface area contributed by atoms with Gasteiger partial charge in [-0.3, -0.25) is 0 Å². The summed E-state index contributed by atoms with van der Waals surface area (Å²) in [6.07, 6.45) is 1.03. The lowest BCUT2D eigenvalue weighted by Crippen LogP contribution is -2.30. The highest BCUT2D eigenvalue weighted by molar-refractivity contribution is 9.10. The van der Waals surface area contributed by atoms with Crippen molar-refractivity contribution in [2.75, 3.05) is 11.9 Å². The van der Waals surface area contributed by atoms with E-state index in [1.165, 1.54) is 4.88 Å². The molecule has 2 rings (SSSR count). The van der Waals surface area contributed by atoms with Crippen LogP contribution in [0.4, 0.5) is 5.69 Å². The summed E-state index contributed by atoms with van der Waals surface area (Å²) in [5.41, 5.74) is 1.79. The maximum Gasteiger partial charge on any atom is 0.0992 e. The van der Waals surface area contributed by atoms with E-state index in [-0.39, 0.29) is 0 Å². The van der Waals surface area contributed by atoms with Crippen LogP contribution >= 0.6 is 27.3 Å². The van der Waals surface area contributed by atoms with Gasteiger partial charge < -0.3 is 4.90 Å². The van der Waals surface area contributed by atoms with Crippen molar-refractivity contribution in [2.24, 2.45) is 0 Å². The van der Waals surface area contributed by atoms with Crippen molar-refractivity contribution in [3.8, 4) is 6.07 Å². The first-order valence-electron chi connectivity index (χ1n) is 6.06. The van der Waals surface area contributed by atoms with Crippen LogP contribution in [0.25, 0.3) is 0 Å². The second kappa shape index (κ2) is 6.23. The summed E-state index contributed by atoms with van der Waals surface area (Å²) in [6.45, 7) is 2.21. The fourth-order valence-electron chi connectivity index (χ4n) is 1.96. The Labute approximate surface area is 126 Å². The van der Waals surface area contributed by atoms with Crippen LogP contribution < -0.4 is 4.90 Å². The molecule has 1 unspecified atom stereocenters. The van der Waals surface area contributed by atoms with Crippen molar-refractivity contribution in [2.45, 2.75) is 19.4 Å². The molecule has 0 amide bonds. The topological polar surface area (TPSA) is 27.0 Å². The van der Waals surface area contributed by atoms with E-state index in [4.69, 9.17) is 5.26 Å². The molecule has 0 radical (unpaired) electrons. The molecule has 1 atom stereocenters. The van der Waals surface area contributed by atoms with Gasteiger partial charge in [-0.15, -0.1) is 11.3 Å². The SMILES string of the molecule is CC(Cc1cccs1)N(C)c1ccc(C#N)cc1Br. The molecule has 98 valence electrons. The van der Waals surface area contributed by atoms with E-state index in [9.17, 15) is 0 Å². The smallest absolute Gasteiger partial charge is 0.0992 e. The van der Waals surface area contributed by atoms with Gasteiger partial charge in [-0.05, 0) is 52.5 Å². The molecule has 0 saturated heterocycles. The number of likely N-dealkylation sites (N-methyl/N-ethyl adjacent to an activating group) is 1. The molecule has 4 heteroatoms. The maximum absolute atomic E-state index is 8.89. The summed E-state index contributed by atoms with van der Waals surface area (Å²) < 4.78 is 0.965. The van der Waals surface area contributed by atoms with Gasteiger partial charge in [0, 0.05) is 28.9 Å². The lowest BCUT2D eigenvalue weighted by Gasteiger charge is -2.27. The highest BCUT2D eigenvalue weighted by atomic mass is 79.9. The molecule has 2 nitrogen and oxygen atoms in total. The second-order valence-electron chi connectivity index (χ2n) is 4.52. The Kier molecular flexibility index (Phi) is 4.62. The summed E-state index contributed by atoms with van der Waals surface area (Å²) >= 11 is 5.34. The van der Waals surface area contributed by atoms with Crippen LogP contribution in [-0.4, -0.2) is 13.1 Å². The Morgan fingerprint density at radius 2 is 2.21 bits per heavy atom. The number of benzene rings is 1. The normalized spacial score (nSPS) is 11.9. The molecule has 0 aliphatic heterocycles. The number of anilines is 1. The van der Waals surface area contributed by atoms with Gasteiger partial charge in [-0.2, -0.15) is 5.26 Å². The van der Waals surface area contributed by atoms with Gasteiger partial charge in [0.05, 0.1) is 17.3 Å². The van der Waals surface area contributed by atoms with Crippen LogP contribution in [0.3, 0.4) is 0 Å². The van der Waals surface area contributed by atoms with Gasteiger partial charge in [0.1, 0.15) is 0 Å². The van der Waals surface area contributed by atoms with Gasteiger partial charge in [-0.25, -0.2) is 0 Å². The van der Waals surface area contributed by atoms with Crippen LogP contribution in [0.5, 0.6) is 0 Å². The summed E-state index contributed by atoms with van der Waals surface area (Å²) in [4.78, 5) is 3.63. The molecule has 0 saturated carbocycles. The predicted octanol–water partition coefficient (Wildman–Crippen LogP) is 4.45. The van der Waals surface area contributed by atoms with E-state index in [1.807, 2.05) is 18.2 Å². The largest absolute Gasteiger partial charge is 0.371 e. The number of nitrogens with zero attached hydrogens (tertiary/aromatic N) is 2. The zero-order chi connectivity index (χ0) is 13.8. The average Bonchev–Trinajstić information content (AvgIpc) is 2.90. The zero-order valence-electron chi connectivity index (χ0n) is 10.9. The highest BCUT2D eigenvalue weighted by Crippen LogP contribution is 2.28. The quantitative estimate of drug-likeness (QED) is 0.825. The molecule has 0 aliphatic rings. The van der Waals surface area contributed by atoms with E-state index in [2.05, 4.69) is 58.4 Å². The number of nitriles is 1. The Morgan fingerprint density at radius 3 is 2.79 bits per heavy atom. The molecule has 0 spiro atoms. The standard InChI is InChI=1S/C15H15BrN2S/c1-11(8-13-4-3-7-19-13)18(2)15-6-5-12(10-17)9-14(15)16/h3-7,9,11H,8H2,1-2H3. The molecule has 19 heavy (non-hydrogen) atoms. The molecule has 2 aromatic rings. The predicted molar refractivity (Wildman–Crippen MR) is 84.7 cm³/mol. The summed E-state index contributed by atoms with van der Waals surface area (Å²) in [5.74, 6) is 0. The first-order chi connectivity index (χ1) is 9.11. The van der Waals surface area contributed by atoms with Gasteiger partial charge >= 0.3 is 0 Å². The van der Waals surface area contributed by atoms with E-state index in [1.54, 1.807) is 11.3 Å². The minimum Gasteiger partial charge on any atom is -0.371 e. The highest BCUT2D eigenvalue weighted by Gasteiger charge is 2.14. The van der Waals surface area contributed by atoms with Crippen LogP contribution in [0.15, 0.2) is 40.2 Å². The number of halogens is 1. The van der Waals surface area contributed by atoms with Crippen molar-refractivity contribution < 1.29 is 0 Å². The molecule has 0 bridgehead atoms. The van der Waals surface area contributed by atoms with Crippen molar-refractivity contribution in [3.05, 3.63) is 50.6 Å². The van der Waals surface area contributed by atoms with E-state index in [0.717, 1.165) is 16.6 Å². The van der Waals surface area contributed by atoms with Gasteiger partial charge in [0.15, 0.2) is 0 Å². The lowest BCUT2D eigenvalue weighted by molar-refractivity contribution is 0.687. The Hall–Kier alpha value is -1.31. The molecule has 1 aromatic carbocycles. The van der Waals surface area contributed by atoms with E-state index in [0.29, 0.717) is 11.6 Å². The Morgan fingerprint density at radius 1 is 1.42 bits per heavy atom. The van der Waals surface area contributed by atoms with Gasteiger partial charge in [0.25, 0.3) is 0 Å². The first-order valence-corrected chi connectivity index (χ1v) is 7.74. The lowest BCUT2D eigenvalue weighted by atomic mass is 10.1. The fraction of sp³-hybridized carbons (Fsp3) is 0.267. The minimum atomic E-state index is 0.405. The Bertz CT molecular complexity index is 587. The van der Waals surface area contributed by atoms with Crippen molar-refractivity contribution in [1.29, 1.82) is 5.26 Å². The number of thiophene rings is 1. The third-order valence-electron chi connectivity index (χ3n) is 3.19. The summed E-state index contributed by atoms with van der Waals surface area (Å²) in [5, 5.41) is 11.0. The molecular weight excluding hydrogens is 320 g/mol. The molecular formula is C15H15BrN2S. The van der Waals surface area contributed by atoms with Crippen molar-refractivity contribution >= 4 is 33.0 Å². The summed E-state index contributed by atoms with van der Waals surface area (Å²) in [6, 6.07) is 12.5. The van der Waals surface area contributed by atoms with E-state index >= 15 is 0 Å². The monoisotopic (exact) mass is 334 g/mol. The van der Waals surface area contributed by atoms with E-state index < -0.39 is 0 Å². The molecule has 0 aliphatic carbocycles. The number of rotatable bonds is 4. The maximum atomic E-state index is 8.89. The van der Waals surface area contributed by atoms with Gasteiger partial charge in [-0.1, -0.05) is 6.07 Å². The molecule has 0 N–H and O–H groups in total. The minimum absolute atomic E-state index is 0.405. The second-order valence-corrected chi connectivity index (χ2v) is 6.41. The van der Waals surface area contributed by atoms with Crippen molar-refractivity contribution in [3.63, 3.8) is 0 Å². The molecule has 0 fully saturated rings. The summed E-state index contributed by atoms with van der Waals surface area (Å²) in [7, 11) is 2.09. The van der Waals surface area contributed by atoms with Crippen LogP contribution in [0.1, 0.15) is 17.4 Å². The molecule has 1 aromatic heterocycles. The third kappa shape index (κ3) is 3.37.